The van der Waals surface area contributed by atoms with Gasteiger partial charge in [-0.1, -0.05) is 182 Å². The van der Waals surface area contributed by atoms with E-state index in [9.17, 15) is 0 Å². The van der Waals surface area contributed by atoms with Crippen LogP contribution in [0, 0.1) is 0 Å². The molecule has 0 bridgehead atoms. The molecular weight excluding hydrogens is 701 g/mol. The van der Waals surface area contributed by atoms with Crippen molar-refractivity contribution in [2.45, 2.75) is 0 Å². The molecule has 0 amide bonds. The predicted molar refractivity (Wildman–Crippen MR) is 246 cm³/mol. The van der Waals surface area contributed by atoms with E-state index in [0.29, 0.717) is 0 Å². The lowest BCUT2D eigenvalue weighted by Gasteiger charge is -2.22. The van der Waals surface area contributed by atoms with Crippen LogP contribution in [-0.4, -0.2) is 9.97 Å². The van der Waals surface area contributed by atoms with Crippen LogP contribution in [0.5, 0.6) is 0 Å². The van der Waals surface area contributed by atoms with E-state index in [0.717, 1.165) is 32.6 Å². The maximum atomic E-state index is 5.10. The molecule has 0 saturated carbocycles. The zero-order chi connectivity index (χ0) is 38.2. The van der Waals surface area contributed by atoms with Gasteiger partial charge in [-0.2, -0.15) is 0 Å². The third kappa shape index (κ3) is 4.79. The minimum Gasteiger partial charge on any atom is -0.256 e. The molecule has 0 aliphatic rings. The lowest BCUT2D eigenvalue weighted by atomic mass is 9.81. The summed E-state index contributed by atoms with van der Waals surface area (Å²) >= 11 is 0. The van der Waals surface area contributed by atoms with Gasteiger partial charge in [0.2, 0.25) is 0 Å². The first-order chi connectivity index (χ1) is 28.8. The number of hydrogen-bond acceptors (Lipinski definition) is 2. The van der Waals surface area contributed by atoms with E-state index in [2.05, 4.69) is 207 Å². The summed E-state index contributed by atoms with van der Waals surface area (Å²) in [6.45, 7) is 0. The summed E-state index contributed by atoms with van der Waals surface area (Å²) in [5, 5.41) is 14.3. The van der Waals surface area contributed by atoms with Gasteiger partial charge in [0.15, 0.2) is 0 Å². The van der Waals surface area contributed by atoms with E-state index in [4.69, 9.17) is 9.97 Å². The molecule has 2 nitrogen and oxygen atoms in total. The largest absolute Gasteiger partial charge is 0.256 e. The third-order valence-corrected chi connectivity index (χ3v) is 12.1. The van der Waals surface area contributed by atoms with Crippen molar-refractivity contribution in [1.82, 2.24) is 9.97 Å². The Morgan fingerprint density at radius 2 is 0.534 bits per heavy atom. The van der Waals surface area contributed by atoms with Crippen LogP contribution in [-0.2, 0) is 0 Å². The van der Waals surface area contributed by atoms with E-state index in [1.54, 1.807) is 0 Å². The highest BCUT2D eigenvalue weighted by atomic mass is 14.7. The number of aromatic nitrogens is 2. The van der Waals surface area contributed by atoms with Gasteiger partial charge in [0.05, 0.1) is 11.0 Å². The topological polar surface area (TPSA) is 25.8 Å². The van der Waals surface area contributed by atoms with Crippen molar-refractivity contribution in [1.29, 1.82) is 0 Å². The van der Waals surface area contributed by atoms with E-state index in [1.165, 1.54) is 87.6 Å². The smallest absolute Gasteiger partial charge is 0.0708 e. The summed E-state index contributed by atoms with van der Waals surface area (Å²) in [6, 6.07) is 70.3. The maximum Gasteiger partial charge on any atom is 0.0708 e. The molecule has 2 aromatic heterocycles. The predicted octanol–water partition coefficient (Wildman–Crippen LogP) is 15.2. The zero-order valence-electron chi connectivity index (χ0n) is 31.5. The molecule has 2 heterocycles. The van der Waals surface area contributed by atoms with Gasteiger partial charge in [-0.25, -0.2) is 0 Å². The van der Waals surface area contributed by atoms with Crippen molar-refractivity contribution in [3.63, 3.8) is 0 Å². The van der Waals surface area contributed by atoms with Gasteiger partial charge in [-0.15, -0.1) is 0 Å². The summed E-state index contributed by atoms with van der Waals surface area (Å²) in [5.41, 5.74) is 11.7. The summed E-state index contributed by atoms with van der Waals surface area (Å²) in [6.07, 6.45) is 4.21. The van der Waals surface area contributed by atoms with Crippen LogP contribution in [0.3, 0.4) is 0 Å². The highest BCUT2D eigenvalue weighted by molar-refractivity contribution is 6.31. The SMILES string of the molecule is c1ccc(-c2c3ccccc3c(-c3ccc(-c4c5ccccc5c(-c5ccccc5)c5c4cnc4ccccc45)c4ccccc34)c3cnc4ccccc4c23)cc1. The monoisotopic (exact) mass is 734 g/mol. The molecule has 268 valence electrons. The van der Waals surface area contributed by atoms with Crippen molar-refractivity contribution in [2.24, 2.45) is 0 Å². The number of nitrogens with zero attached hydrogens (tertiary/aromatic N) is 2. The molecule has 10 aromatic carbocycles. The average Bonchev–Trinajstić information content (AvgIpc) is 3.30. The van der Waals surface area contributed by atoms with Gasteiger partial charge in [0, 0.05) is 44.7 Å². The standard InChI is InChI=1S/C56H34N2/c1-3-17-35(18-4-1)51-39-23-9-11-25-41(39)53(47-33-57-49-29-15-13-27-45(49)55(47)51)43-31-32-44(38-22-8-7-21-37(38)43)54-42-26-12-10-24-40(42)52(36-19-5-2-6-20-36)56-46-28-14-16-30-50(46)58-34-48(54)56/h1-34H. The Labute approximate surface area is 335 Å². The third-order valence-electron chi connectivity index (χ3n) is 12.1. The molecule has 0 atom stereocenters. The fourth-order valence-corrected chi connectivity index (χ4v) is 9.72. The Hall–Kier alpha value is -7.68. The highest BCUT2D eigenvalue weighted by Crippen LogP contribution is 2.50. The Balaban J connectivity index is 1.22. The van der Waals surface area contributed by atoms with Gasteiger partial charge < -0.3 is 0 Å². The van der Waals surface area contributed by atoms with Crippen LogP contribution in [0.25, 0.3) is 120 Å². The molecular formula is C56H34N2. The van der Waals surface area contributed by atoms with Crippen LogP contribution >= 0.6 is 0 Å². The van der Waals surface area contributed by atoms with Crippen LogP contribution in [0.1, 0.15) is 0 Å². The normalized spacial score (nSPS) is 11.8. The van der Waals surface area contributed by atoms with Crippen molar-refractivity contribution in [2.75, 3.05) is 0 Å². The van der Waals surface area contributed by atoms with E-state index in [1.807, 2.05) is 0 Å². The van der Waals surface area contributed by atoms with E-state index >= 15 is 0 Å². The van der Waals surface area contributed by atoms with Crippen LogP contribution in [0.15, 0.2) is 207 Å². The van der Waals surface area contributed by atoms with E-state index < -0.39 is 0 Å². The molecule has 12 rings (SSSR count). The maximum absolute atomic E-state index is 5.10. The summed E-state index contributed by atoms with van der Waals surface area (Å²) in [7, 11) is 0. The molecule has 0 aliphatic carbocycles. The molecule has 0 spiro atoms. The second kappa shape index (κ2) is 12.9. The lowest BCUT2D eigenvalue weighted by Crippen LogP contribution is -1.96. The van der Waals surface area contributed by atoms with Crippen molar-refractivity contribution in [3.05, 3.63) is 207 Å². The second-order valence-corrected chi connectivity index (χ2v) is 15.2. The number of hydrogen-bond donors (Lipinski definition) is 0. The molecule has 0 radical (unpaired) electrons. The number of para-hydroxylation sites is 2. The molecule has 0 saturated heterocycles. The van der Waals surface area contributed by atoms with Gasteiger partial charge in [-0.05, 0) is 89.0 Å². The summed E-state index contributed by atoms with van der Waals surface area (Å²) < 4.78 is 0. The van der Waals surface area contributed by atoms with Crippen molar-refractivity contribution >= 4 is 75.7 Å². The molecule has 0 aliphatic heterocycles. The van der Waals surface area contributed by atoms with Crippen LogP contribution < -0.4 is 0 Å². The second-order valence-electron chi connectivity index (χ2n) is 15.2. The van der Waals surface area contributed by atoms with Crippen molar-refractivity contribution in [3.8, 4) is 44.5 Å². The summed E-state index contributed by atoms with van der Waals surface area (Å²) in [5.74, 6) is 0. The molecule has 0 fully saturated rings. The number of pyridine rings is 2. The fourth-order valence-electron chi connectivity index (χ4n) is 9.72. The molecule has 0 unspecified atom stereocenters. The molecule has 0 N–H and O–H groups in total. The Bertz CT molecular complexity index is 3370. The first kappa shape index (κ1) is 32.6. The number of rotatable bonds is 4. The Morgan fingerprint density at radius 1 is 0.224 bits per heavy atom. The average molecular weight is 735 g/mol. The number of benzene rings is 10. The van der Waals surface area contributed by atoms with E-state index in [-0.39, 0.29) is 0 Å². The minimum absolute atomic E-state index is 0.993. The first-order valence-corrected chi connectivity index (χ1v) is 19.9. The highest BCUT2D eigenvalue weighted by Gasteiger charge is 2.24. The Kier molecular flexibility index (Phi) is 7.26. The molecule has 12 aromatic rings. The summed E-state index contributed by atoms with van der Waals surface area (Å²) in [4.78, 5) is 10.2. The zero-order valence-corrected chi connectivity index (χ0v) is 31.5. The van der Waals surface area contributed by atoms with Gasteiger partial charge in [0.1, 0.15) is 0 Å². The lowest BCUT2D eigenvalue weighted by molar-refractivity contribution is 1.45. The van der Waals surface area contributed by atoms with Crippen LogP contribution in [0.2, 0.25) is 0 Å². The molecule has 2 heteroatoms. The quantitative estimate of drug-likeness (QED) is 0.133. The van der Waals surface area contributed by atoms with Crippen LogP contribution in [0.4, 0.5) is 0 Å². The van der Waals surface area contributed by atoms with Gasteiger partial charge in [0.25, 0.3) is 0 Å². The minimum atomic E-state index is 0.993. The number of fused-ring (bicyclic) bond motifs is 9. The molecule has 58 heavy (non-hydrogen) atoms. The van der Waals surface area contributed by atoms with Gasteiger partial charge >= 0.3 is 0 Å². The Morgan fingerprint density at radius 3 is 0.931 bits per heavy atom. The van der Waals surface area contributed by atoms with Crippen molar-refractivity contribution < 1.29 is 0 Å². The van der Waals surface area contributed by atoms with Gasteiger partial charge in [-0.3, -0.25) is 9.97 Å². The first-order valence-electron chi connectivity index (χ1n) is 19.9. The fraction of sp³-hybridized carbons (Fsp3) is 0.